The molecule has 0 unspecified atom stereocenters. The molecule has 20 rings (SSSR count). The normalized spacial score (nSPS) is 13.6. The molecule has 0 radical (unpaired) electrons. The van der Waals surface area contributed by atoms with E-state index in [1.807, 2.05) is 0 Å². The lowest BCUT2D eigenvalue weighted by atomic mass is 9.65. The van der Waals surface area contributed by atoms with Crippen LogP contribution in [0.25, 0.3) is 33.4 Å². The van der Waals surface area contributed by atoms with Crippen molar-refractivity contribution in [1.82, 2.24) is 0 Å². The Morgan fingerprint density at radius 2 is 0.475 bits per heavy atom. The van der Waals surface area contributed by atoms with Crippen LogP contribution >= 0.6 is 9.90 Å². The van der Waals surface area contributed by atoms with Gasteiger partial charge in [-0.3, -0.25) is 0 Å². The minimum absolute atomic E-state index is 0. The Morgan fingerprint density at radius 3 is 0.742 bits per heavy atom. The summed E-state index contributed by atoms with van der Waals surface area (Å²) in [6.45, 7) is 31.0. The second kappa shape index (κ2) is 34.2. The summed E-state index contributed by atoms with van der Waals surface area (Å²) in [5.74, 6) is 0. The summed E-state index contributed by atoms with van der Waals surface area (Å²) in [5.41, 5.74) is 51.1. The Kier molecular flexibility index (Phi) is 23.4. The van der Waals surface area contributed by atoms with Gasteiger partial charge in [-0.25, -0.2) is 0 Å². The van der Waals surface area contributed by atoms with Crippen molar-refractivity contribution in [3.8, 4) is 33.4 Å². The summed E-state index contributed by atoms with van der Waals surface area (Å²) in [7, 11) is 0. The van der Waals surface area contributed by atoms with Crippen LogP contribution in [0.15, 0.2) is 315 Å². The van der Waals surface area contributed by atoms with E-state index in [0.717, 1.165) is 35.6 Å². The molecule has 15 aromatic carbocycles. The largest absolute Gasteiger partial charge is 3.00 e. The fourth-order valence-corrected chi connectivity index (χ4v) is 19.7. The molecule has 0 aliphatic heterocycles. The van der Waals surface area contributed by atoms with Crippen molar-refractivity contribution >= 4 is 44.0 Å². The molecule has 0 N–H and O–H groups in total. The maximum Gasteiger partial charge on any atom is 0.0713 e. The third-order valence-corrected chi connectivity index (χ3v) is 26.4. The van der Waals surface area contributed by atoms with E-state index < -0.39 is 0 Å². The number of unbranched alkanes of at least 4 members (excludes halogenated alkanes) is 2. The van der Waals surface area contributed by atoms with Gasteiger partial charge in [0.2, 0.25) is 0 Å². The van der Waals surface area contributed by atoms with E-state index in [1.54, 1.807) is 0 Å². The van der Waals surface area contributed by atoms with Crippen molar-refractivity contribution in [2.24, 2.45) is 0 Å². The first-order chi connectivity index (χ1) is 57.7. The molecule has 600 valence electrons. The number of benzene rings is 15. The van der Waals surface area contributed by atoms with Gasteiger partial charge in [-0.2, -0.15) is 0 Å². The summed E-state index contributed by atoms with van der Waals surface area (Å²) in [4.78, 5) is 4.71. The first-order valence-electron chi connectivity index (χ1n) is 43.8. The van der Waals surface area contributed by atoms with Crippen molar-refractivity contribution in [3.63, 3.8) is 0 Å². The van der Waals surface area contributed by atoms with Gasteiger partial charge in [0.05, 0.1) is 10.8 Å². The minimum atomic E-state index is -0.291. The lowest BCUT2D eigenvalue weighted by Crippen LogP contribution is -2.30. The molecule has 5 aliphatic rings. The summed E-state index contributed by atoms with van der Waals surface area (Å²) in [6, 6.07) is 119. The van der Waals surface area contributed by atoms with Crippen molar-refractivity contribution < 1.29 is 0 Å². The highest BCUT2D eigenvalue weighted by molar-refractivity contribution is 6.92. The topological polar surface area (TPSA) is 6.48 Å². The van der Waals surface area contributed by atoms with Crippen molar-refractivity contribution in [3.05, 3.63) is 460 Å². The van der Waals surface area contributed by atoms with E-state index in [9.17, 15) is 0 Å². The lowest BCUT2D eigenvalue weighted by Gasteiger charge is -3.00. The van der Waals surface area contributed by atoms with Gasteiger partial charge in [0, 0.05) is 39.5 Å². The monoisotopic (exact) mass is 1580 g/mol. The summed E-state index contributed by atoms with van der Waals surface area (Å²) >= 11 is 0. The molecule has 0 spiro atoms. The van der Waals surface area contributed by atoms with Crippen LogP contribution in [0.2, 0.25) is 0 Å². The number of nitrogens with zero attached hydrogens (tertiary/aromatic N) is 2. The van der Waals surface area contributed by atoms with E-state index >= 15 is 0 Å². The SMILES string of the molecule is CCCCc1ccc(N(c2ccc(CCCC)cc2)c2ccc(N(c3ccc(C)cc3)c3ccc(C)cc3)cc2)cc1.Cc1ccc2c(c1)C(C)(C)c1cc(C)ccc1-2.Cc1ccc2c(c1)C(c1ccc3c(c1)CC3)(c1ccc3c(c1)CC3)c1cc(C)ccc1-2.Cc1cccc(C2(c3cccc(C)c3)c3cc(C)ccc3-c3ccc(C)cc32)c1.[P-3]. The Labute approximate surface area is 719 Å². The van der Waals surface area contributed by atoms with Crippen LogP contribution < -0.4 is 9.80 Å². The quantitative estimate of drug-likeness (QED) is 0.0890. The van der Waals surface area contributed by atoms with Gasteiger partial charge in [0.25, 0.3) is 0 Å². The van der Waals surface area contributed by atoms with E-state index in [4.69, 9.17) is 0 Å². The summed E-state index contributed by atoms with van der Waals surface area (Å²) < 4.78 is 0. The predicted molar refractivity (Wildman–Crippen MR) is 514 cm³/mol. The Balaban J connectivity index is 0.000000123. The zero-order chi connectivity index (χ0) is 82.4. The third kappa shape index (κ3) is 15.4. The van der Waals surface area contributed by atoms with Gasteiger partial charge >= 0.3 is 0 Å². The zero-order valence-corrected chi connectivity index (χ0v) is 73.8. The third-order valence-electron chi connectivity index (χ3n) is 26.4. The molecule has 3 heteroatoms. The summed E-state index contributed by atoms with van der Waals surface area (Å²) in [5, 5.41) is 0. The Bertz CT molecular complexity index is 5910. The van der Waals surface area contributed by atoms with Gasteiger partial charge in [0.15, 0.2) is 0 Å². The van der Waals surface area contributed by atoms with Crippen molar-refractivity contribution in [1.29, 1.82) is 0 Å². The highest BCUT2D eigenvalue weighted by atomic mass is 31.0. The minimum Gasteiger partial charge on any atom is -3.00 e. The highest BCUT2D eigenvalue weighted by Crippen LogP contribution is 2.60. The fourth-order valence-electron chi connectivity index (χ4n) is 19.7. The average molecular weight is 1580 g/mol. The zero-order valence-electron chi connectivity index (χ0n) is 72.9. The van der Waals surface area contributed by atoms with Crippen LogP contribution in [-0.4, -0.2) is 0 Å². The van der Waals surface area contributed by atoms with Gasteiger partial charge in [0.1, 0.15) is 0 Å². The Hall–Kier alpha value is -11.7. The van der Waals surface area contributed by atoms with Gasteiger partial charge in [-0.05, 0) is 316 Å². The maximum atomic E-state index is 2.52. The Morgan fingerprint density at radius 1 is 0.233 bits per heavy atom. The molecule has 0 heterocycles. The molecule has 5 aliphatic carbocycles. The average Bonchev–Trinajstić information content (AvgIpc) is 1.51. The molecule has 0 fully saturated rings. The number of fused-ring (bicyclic) bond motifs is 11. The molecule has 0 atom stereocenters. The van der Waals surface area contributed by atoms with E-state index in [0.29, 0.717) is 0 Å². The molecule has 2 nitrogen and oxygen atoms in total. The second-order valence-electron chi connectivity index (χ2n) is 35.5. The molecule has 0 bridgehead atoms. The first-order valence-corrected chi connectivity index (χ1v) is 43.8. The molecule has 120 heavy (non-hydrogen) atoms. The molecule has 0 saturated heterocycles. The van der Waals surface area contributed by atoms with Gasteiger partial charge < -0.3 is 19.7 Å². The van der Waals surface area contributed by atoms with Crippen LogP contribution in [0.5, 0.6) is 0 Å². The molecular weight excluding hydrogens is 1460 g/mol. The highest BCUT2D eigenvalue weighted by Gasteiger charge is 2.49. The number of aryl methyl sites for hydroxylation is 16. The summed E-state index contributed by atoms with van der Waals surface area (Å²) in [6.07, 6.45) is 12.0. The van der Waals surface area contributed by atoms with Gasteiger partial charge in [-0.15, -0.1) is 0 Å². The van der Waals surface area contributed by atoms with E-state index in [-0.39, 0.29) is 26.1 Å². The van der Waals surface area contributed by atoms with Crippen molar-refractivity contribution in [2.75, 3.05) is 9.80 Å². The van der Waals surface area contributed by atoms with E-state index in [1.165, 1.54) is 241 Å². The standard InChI is InChI=1S/C40H44N2.C31H26.C29H26.C17H18.P/c1-5-7-9-33-15-23-37(24-16-33)42(38-25-17-34(18-26-38)10-8-6-2)40-29-27-39(28-30-40)41(35-19-11-31(3)12-20-35)36-21-13-32(4)14-22-36;1-19-3-13-27-28-14-4-20(2)16-30(28)31(29(27)15-19,25-11-9-21-5-7-23(21)17-25)26-12-10-22-6-8-24(22)18-26;1-19-7-5-9-23(15-19)29(24-10-6-8-20(2)16-24)27-17-21(3)11-13-25(27)26-14-12-22(4)18-28(26)29;1-11-5-7-13-14-8-6-12(2)10-16(14)17(3,4)15(13)9-11;/h11-30H,5-10H2,1-4H3;3-4,9-18H,5-8H2,1-2H3;5-18H,1-4H3;5-10H,1-4H3;/q;;;;-3. The number of rotatable bonds is 16. The molecule has 0 aromatic heterocycles. The number of hydrogen-bond donors (Lipinski definition) is 0. The maximum absolute atomic E-state index is 2.52. The predicted octanol–water partition coefficient (Wildman–Crippen LogP) is 31.5. The van der Waals surface area contributed by atoms with E-state index in [2.05, 4.69) is 422 Å². The lowest BCUT2D eigenvalue weighted by molar-refractivity contribution is 0.659. The second-order valence-corrected chi connectivity index (χ2v) is 35.5. The van der Waals surface area contributed by atoms with Crippen LogP contribution in [0.1, 0.15) is 198 Å². The van der Waals surface area contributed by atoms with Crippen LogP contribution in [-0.2, 0) is 54.8 Å². The van der Waals surface area contributed by atoms with Crippen molar-refractivity contribution in [2.45, 2.75) is 177 Å². The fraction of sp³-hybridized carbons (Fsp3) is 0.231. The molecule has 0 amide bonds. The first kappa shape index (κ1) is 82.0. The van der Waals surface area contributed by atoms with Crippen LogP contribution in [0.4, 0.5) is 34.1 Å². The number of hydrogen-bond acceptors (Lipinski definition) is 2. The molecular formula is C117H114N2P-3. The molecule has 15 aromatic rings. The van der Waals surface area contributed by atoms with Gasteiger partial charge in [-0.1, -0.05) is 339 Å². The number of anilines is 6. The van der Waals surface area contributed by atoms with Crippen LogP contribution in [0.3, 0.4) is 0 Å². The molecule has 0 saturated carbocycles. The smallest absolute Gasteiger partial charge is 0.0713 e. The van der Waals surface area contributed by atoms with Crippen LogP contribution in [0, 0.1) is 69.2 Å².